The van der Waals surface area contributed by atoms with Gasteiger partial charge in [-0.1, -0.05) is 369 Å². The van der Waals surface area contributed by atoms with Crippen LogP contribution in [0.3, 0.4) is 0 Å². The number of carbonyl (C=O) groups excluding carboxylic acids is 4. The van der Waals surface area contributed by atoms with E-state index in [1.165, 1.54) is 238 Å². The Kier molecular flexibility index (Phi) is 70.3. The minimum Gasteiger partial charge on any atom is -0.462 e. The lowest BCUT2D eigenvalue weighted by atomic mass is 10.0. The predicted octanol–water partition coefficient (Wildman–Crippen LogP) is 23.9. The van der Waals surface area contributed by atoms with E-state index in [9.17, 15) is 43.2 Å². The van der Waals surface area contributed by atoms with Gasteiger partial charge in [-0.25, -0.2) is 9.13 Å². The summed E-state index contributed by atoms with van der Waals surface area (Å²) in [6.07, 6.45) is 61.2. The fourth-order valence-electron chi connectivity index (χ4n) is 12.4. The monoisotopic (exact) mass is 1450 g/mol. The molecule has 19 heteroatoms. The van der Waals surface area contributed by atoms with Crippen LogP contribution in [0.1, 0.15) is 420 Å². The zero-order valence-corrected chi connectivity index (χ0v) is 66.6. The minimum absolute atomic E-state index is 0.105. The van der Waals surface area contributed by atoms with Crippen molar-refractivity contribution in [1.29, 1.82) is 0 Å². The summed E-state index contributed by atoms with van der Waals surface area (Å²) in [6.45, 7) is 9.61. The van der Waals surface area contributed by atoms with Gasteiger partial charge in [0.05, 0.1) is 26.4 Å². The molecule has 588 valence electrons. The lowest BCUT2D eigenvalue weighted by Gasteiger charge is -2.21. The van der Waals surface area contributed by atoms with Crippen molar-refractivity contribution in [2.24, 2.45) is 11.8 Å². The number of hydrogen-bond donors (Lipinski definition) is 3. The Labute approximate surface area is 607 Å². The standard InChI is InChI=1S/C80H156O17P2/c1-7-9-11-13-15-17-19-20-21-24-28-31-34-38-45-51-57-63-78(83)91-68-75(96-79(84)64-58-52-46-39-35-32-29-26-23-22-25-27-30-33-36-42-48-54-60-72(3)4)70-94-98(86,87)92-66-74(81)67-93-99(88,89)95-71-76(69-90-77(82)62-56-50-44-37-18-16-14-12-10-8-2)97-80(85)65-59-53-47-41-40-43-49-55-61-73(5)6/h72-76,81H,7-71H2,1-6H3,(H,86,87)(H,88,89)/t74-,75-,76-/m1/s1. The van der Waals surface area contributed by atoms with Crippen molar-refractivity contribution in [1.82, 2.24) is 0 Å². The van der Waals surface area contributed by atoms with Gasteiger partial charge in [0.1, 0.15) is 19.3 Å². The maximum atomic E-state index is 13.1. The van der Waals surface area contributed by atoms with Gasteiger partial charge in [-0.3, -0.25) is 37.3 Å². The van der Waals surface area contributed by atoms with Crippen molar-refractivity contribution in [2.45, 2.75) is 439 Å². The van der Waals surface area contributed by atoms with Gasteiger partial charge in [0.25, 0.3) is 0 Å². The number of aliphatic hydroxyl groups excluding tert-OH is 1. The molecule has 0 bridgehead atoms. The summed E-state index contributed by atoms with van der Waals surface area (Å²) < 4.78 is 68.6. The number of hydrogen-bond acceptors (Lipinski definition) is 15. The van der Waals surface area contributed by atoms with Gasteiger partial charge in [-0.15, -0.1) is 0 Å². The fraction of sp³-hybridized carbons (Fsp3) is 0.950. The van der Waals surface area contributed by atoms with E-state index < -0.39 is 97.5 Å². The number of esters is 4. The molecule has 0 fully saturated rings. The number of carbonyl (C=O) groups is 4. The topological polar surface area (TPSA) is 237 Å². The first-order valence-electron chi connectivity index (χ1n) is 41.5. The Balaban J connectivity index is 5.20. The van der Waals surface area contributed by atoms with Crippen LogP contribution in [-0.2, 0) is 65.4 Å². The molecule has 3 N–H and O–H groups in total. The number of aliphatic hydroxyl groups is 1. The number of rotatable bonds is 79. The maximum absolute atomic E-state index is 13.1. The van der Waals surface area contributed by atoms with Crippen molar-refractivity contribution in [2.75, 3.05) is 39.6 Å². The van der Waals surface area contributed by atoms with E-state index in [4.69, 9.17) is 37.0 Å². The van der Waals surface area contributed by atoms with E-state index in [1.54, 1.807) is 0 Å². The van der Waals surface area contributed by atoms with Gasteiger partial charge in [-0.2, -0.15) is 0 Å². The lowest BCUT2D eigenvalue weighted by molar-refractivity contribution is -0.161. The third-order valence-corrected chi connectivity index (χ3v) is 20.6. The highest BCUT2D eigenvalue weighted by atomic mass is 31.2. The van der Waals surface area contributed by atoms with E-state index in [2.05, 4.69) is 41.5 Å². The summed E-state index contributed by atoms with van der Waals surface area (Å²) >= 11 is 0. The van der Waals surface area contributed by atoms with Crippen molar-refractivity contribution >= 4 is 39.5 Å². The van der Waals surface area contributed by atoms with E-state index in [0.29, 0.717) is 25.7 Å². The largest absolute Gasteiger partial charge is 0.472 e. The van der Waals surface area contributed by atoms with Crippen LogP contribution in [0.5, 0.6) is 0 Å². The first-order valence-corrected chi connectivity index (χ1v) is 44.5. The third kappa shape index (κ3) is 74.1. The SMILES string of the molecule is CCCCCCCCCCCCCCCCCCCC(=O)OC[C@H](COP(=O)(O)OC[C@@H](O)COP(=O)(O)OC[C@@H](COC(=O)CCCCCCCCCCCC)OC(=O)CCCCCCCCCCC(C)C)OC(=O)CCCCCCCCCCCCCCCCCCCCC(C)C. The smallest absolute Gasteiger partial charge is 0.462 e. The van der Waals surface area contributed by atoms with Crippen LogP contribution in [0.15, 0.2) is 0 Å². The quantitative estimate of drug-likeness (QED) is 0.0222. The van der Waals surface area contributed by atoms with Gasteiger partial charge in [0.15, 0.2) is 12.2 Å². The molecule has 0 aliphatic carbocycles. The fourth-order valence-corrected chi connectivity index (χ4v) is 13.9. The molecule has 5 atom stereocenters. The Morgan fingerprint density at radius 3 is 0.687 bits per heavy atom. The van der Waals surface area contributed by atoms with E-state index in [0.717, 1.165) is 102 Å². The van der Waals surface area contributed by atoms with Crippen LogP contribution < -0.4 is 0 Å². The third-order valence-electron chi connectivity index (χ3n) is 18.7. The van der Waals surface area contributed by atoms with Crippen molar-refractivity contribution in [3.8, 4) is 0 Å². The molecule has 17 nitrogen and oxygen atoms in total. The Bertz CT molecular complexity index is 1910. The summed E-state index contributed by atoms with van der Waals surface area (Å²) in [5, 5.41) is 10.6. The summed E-state index contributed by atoms with van der Waals surface area (Å²) in [5.41, 5.74) is 0. The normalized spacial score (nSPS) is 13.9. The number of unbranched alkanes of at least 4 members (excludes halogenated alkanes) is 49. The highest BCUT2D eigenvalue weighted by molar-refractivity contribution is 7.47. The van der Waals surface area contributed by atoms with E-state index >= 15 is 0 Å². The second-order valence-corrected chi connectivity index (χ2v) is 32.7. The molecule has 99 heavy (non-hydrogen) atoms. The summed E-state index contributed by atoms with van der Waals surface area (Å²) in [4.78, 5) is 72.9. The average molecular weight is 1450 g/mol. The van der Waals surface area contributed by atoms with E-state index in [1.807, 2.05) is 0 Å². The Hall–Kier alpha value is -1.94. The Morgan fingerprint density at radius 1 is 0.273 bits per heavy atom. The van der Waals surface area contributed by atoms with Crippen LogP contribution >= 0.6 is 15.6 Å². The summed E-state index contributed by atoms with van der Waals surface area (Å²) in [6, 6.07) is 0. The van der Waals surface area contributed by atoms with Gasteiger partial charge in [0.2, 0.25) is 0 Å². The van der Waals surface area contributed by atoms with E-state index in [-0.39, 0.29) is 25.7 Å². The first kappa shape index (κ1) is 97.1. The van der Waals surface area contributed by atoms with Gasteiger partial charge in [-0.05, 0) is 37.5 Å². The summed E-state index contributed by atoms with van der Waals surface area (Å²) in [7, 11) is -9.91. The molecule has 0 heterocycles. The number of phosphoric ester groups is 2. The number of phosphoric acid groups is 2. The molecule has 0 radical (unpaired) electrons. The van der Waals surface area contributed by atoms with Crippen LogP contribution in [0.25, 0.3) is 0 Å². The zero-order valence-electron chi connectivity index (χ0n) is 64.8. The minimum atomic E-state index is -4.96. The van der Waals surface area contributed by atoms with Crippen LogP contribution in [0.2, 0.25) is 0 Å². The average Bonchev–Trinajstić information content (AvgIpc) is 1.08. The molecule has 2 unspecified atom stereocenters. The van der Waals surface area contributed by atoms with Crippen LogP contribution in [0, 0.1) is 11.8 Å². The zero-order chi connectivity index (χ0) is 72.8. The second-order valence-electron chi connectivity index (χ2n) is 29.8. The highest BCUT2D eigenvalue weighted by Crippen LogP contribution is 2.45. The predicted molar refractivity (Wildman–Crippen MR) is 405 cm³/mol. The molecule has 0 aromatic heterocycles. The molecule has 0 saturated carbocycles. The summed E-state index contributed by atoms with van der Waals surface area (Å²) in [5.74, 6) is -0.573. The van der Waals surface area contributed by atoms with Crippen LogP contribution in [0.4, 0.5) is 0 Å². The molecule has 0 aliphatic heterocycles. The van der Waals surface area contributed by atoms with Crippen LogP contribution in [-0.4, -0.2) is 96.7 Å². The molecular weight excluding hydrogens is 1290 g/mol. The molecule has 0 aromatic carbocycles. The van der Waals surface area contributed by atoms with Gasteiger partial charge >= 0.3 is 39.5 Å². The second kappa shape index (κ2) is 71.7. The molecule has 0 saturated heterocycles. The molecular formula is C80H156O17P2. The van der Waals surface area contributed by atoms with Crippen molar-refractivity contribution in [3.63, 3.8) is 0 Å². The van der Waals surface area contributed by atoms with Crippen molar-refractivity contribution in [3.05, 3.63) is 0 Å². The maximum Gasteiger partial charge on any atom is 0.472 e. The molecule has 0 rings (SSSR count). The number of ether oxygens (including phenoxy) is 4. The molecule has 0 aliphatic rings. The van der Waals surface area contributed by atoms with Crippen molar-refractivity contribution < 1.29 is 80.2 Å². The first-order chi connectivity index (χ1) is 47.9. The Morgan fingerprint density at radius 2 is 0.465 bits per heavy atom. The molecule has 0 aromatic rings. The highest BCUT2D eigenvalue weighted by Gasteiger charge is 2.30. The van der Waals surface area contributed by atoms with Gasteiger partial charge < -0.3 is 33.8 Å². The molecule has 0 amide bonds. The lowest BCUT2D eigenvalue weighted by Crippen LogP contribution is -2.30. The molecule has 0 spiro atoms. The van der Waals surface area contributed by atoms with Gasteiger partial charge in [0, 0.05) is 25.7 Å².